The Bertz CT molecular complexity index is 1870. The summed E-state index contributed by atoms with van der Waals surface area (Å²) >= 11 is 5.78. The molecule has 5 aliphatic heterocycles. The van der Waals surface area contributed by atoms with E-state index >= 15 is 0 Å². The first kappa shape index (κ1) is 37.0. The molecule has 51 heavy (non-hydrogen) atoms. The van der Waals surface area contributed by atoms with Gasteiger partial charge in [0.15, 0.2) is 0 Å². The van der Waals surface area contributed by atoms with Crippen molar-refractivity contribution in [2.75, 3.05) is 12.5 Å². The van der Waals surface area contributed by atoms with Gasteiger partial charge in [0, 0.05) is 58.7 Å². The summed E-state index contributed by atoms with van der Waals surface area (Å²) in [4.78, 5) is 28.4. The maximum Gasteiger partial charge on any atom is 0.305 e. The van der Waals surface area contributed by atoms with Gasteiger partial charge in [-0.2, -0.15) is 0 Å². The lowest BCUT2D eigenvalue weighted by Crippen LogP contribution is -2.16. The Labute approximate surface area is 308 Å². The Morgan fingerprint density at radius 3 is 2.37 bits per heavy atom. The number of ether oxygens (including phenoxy) is 1. The van der Waals surface area contributed by atoms with E-state index in [2.05, 4.69) is 33.0 Å². The summed E-state index contributed by atoms with van der Waals surface area (Å²) < 4.78 is 5.69. The third-order valence-electron chi connectivity index (χ3n) is 11.4. The summed E-state index contributed by atoms with van der Waals surface area (Å²) in [6.45, 7) is 14.8. The number of nitrogens with zero attached hydrogens (tertiary/aromatic N) is 3. The zero-order valence-corrected chi connectivity index (χ0v) is 32.1. The van der Waals surface area contributed by atoms with Gasteiger partial charge in [0.1, 0.15) is 5.76 Å². The number of carbonyl (C=O) groups is 1. The molecule has 3 N–H and O–H groups in total. The number of aliphatic hydroxyl groups excluding tert-OH is 2. The molecule has 0 spiro atoms. The fourth-order valence-electron chi connectivity index (χ4n) is 8.51. The molecule has 1 aliphatic carbocycles. The highest BCUT2D eigenvalue weighted by Crippen LogP contribution is 2.47. The van der Waals surface area contributed by atoms with Crippen molar-refractivity contribution in [3.63, 3.8) is 0 Å². The summed E-state index contributed by atoms with van der Waals surface area (Å²) in [6, 6.07) is 0. The number of aliphatic hydroxyl groups is 2. The number of nitrogens with one attached hydrogen (secondary N) is 1. The van der Waals surface area contributed by atoms with Crippen molar-refractivity contribution in [2.45, 2.75) is 119 Å². The number of carbonyl (C=O) groups excluding carboxylic acids is 1. The Morgan fingerprint density at radius 2 is 1.67 bits per heavy atom. The average Bonchev–Trinajstić information content (AvgIpc) is 3.86. The molecule has 1 fully saturated rings. The predicted octanol–water partition coefficient (Wildman–Crippen LogP) is 9.33. The fraction of sp³-hybridized carbons (Fsp3) is 0.524. The van der Waals surface area contributed by atoms with Gasteiger partial charge in [-0.15, -0.1) is 11.6 Å². The van der Waals surface area contributed by atoms with Gasteiger partial charge in [0.25, 0.3) is 0 Å². The molecule has 8 bridgehead atoms. The second-order valence-corrected chi connectivity index (χ2v) is 15.1. The van der Waals surface area contributed by atoms with E-state index in [1.165, 1.54) is 0 Å². The van der Waals surface area contributed by atoms with Crippen LogP contribution in [0, 0.1) is 11.8 Å². The molecule has 9 heteroatoms. The van der Waals surface area contributed by atoms with Crippen molar-refractivity contribution in [1.29, 1.82) is 0 Å². The average molecular weight is 713 g/mol. The highest BCUT2D eigenvalue weighted by Gasteiger charge is 2.42. The van der Waals surface area contributed by atoms with E-state index in [-0.39, 0.29) is 17.8 Å². The molecule has 3 atom stereocenters. The van der Waals surface area contributed by atoms with Crippen LogP contribution in [-0.2, 0) is 9.53 Å². The molecule has 0 amide bonds. The molecule has 0 saturated carbocycles. The number of fused-ring (bicyclic) bond motifs is 5. The Kier molecular flexibility index (Phi) is 11.2. The van der Waals surface area contributed by atoms with Gasteiger partial charge in [0.2, 0.25) is 0 Å². The molecule has 8 nitrogen and oxygen atoms in total. The van der Waals surface area contributed by atoms with E-state index in [1.54, 1.807) is 6.92 Å². The number of esters is 1. The van der Waals surface area contributed by atoms with Crippen LogP contribution in [-0.4, -0.2) is 51.9 Å². The first-order valence-corrected chi connectivity index (χ1v) is 19.4. The molecule has 1 saturated heterocycles. The normalized spacial score (nSPS) is 23.4. The zero-order valence-electron chi connectivity index (χ0n) is 31.3. The second kappa shape index (κ2) is 15.5. The summed E-state index contributed by atoms with van der Waals surface area (Å²) in [5, 5.41) is 26.2. The first-order chi connectivity index (χ1) is 24.5. The number of rotatable bonds is 13. The Morgan fingerprint density at radius 1 is 0.941 bits per heavy atom. The second-order valence-electron chi connectivity index (χ2n) is 14.7. The highest BCUT2D eigenvalue weighted by molar-refractivity contribution is 6.21. The van der Waals surface area contributed by atoms with Crippen LogP contribution < -0.4 is 5.32 Å². The van der Waals surface area contributed by atoms with Gasteiger partial charge in [-0.1, -0.05) is 39.5 Å². The van der Waals surface area contributed by atoms with Crippen molar-refractivity contribution in [1.82, 2.24) is 5.32 Å². The van der Waals surface area contributed by atoms with Crippen molar-refractivity contribution in [3.05, 3.63) is 91.0 Å². The van der Waals surface area contributed by atoms with E-state index in [4.69, 9.17) is 31.3 Å². The van der Waals surface area contributed by atoms with Crippen molar-refractivity contribution < 1.29 is 19.7 Å². The minimum Gasteiger partial charge on any atom is -0.511 e. The van der Waals surface area contributed by atoms with Crippen LogP contribution in [0.1, 0.15) is 113 Å². The van der Waals surface area contributed by atoms with Gasteiger partial charge in [0.05, 0.1) is 46.9 Å². The molecule has 0 radical (unpaired) electrons. The SMILES string of the molecule is CCC1=C(C)C2=NC1=CC1=C(C)C3=C(O)CC(=C4NC(=C(C)C5=NC(=C2)C(C(C)O)=C5C)[C@@H](C)[C@@H]4CCC(=O)OCCCCCCCCCl)C3=N1. The van der Waals surface area contributed by atoms with Gasteiger partial charge in [-0.3, -0.25) is 4.79 Å². The van der Waals surface area contributed by atoms with Crippen molar-refractivity contribution >= 4 is 34.7 Å². The minimum atomic E-state index is -0.713. The molecule has 6 rings (SSSR count). The summed E-state index contributed by atoms with van der Waals surface area (Å²) in [5.41, 5.74) is 14.5. The smallest absolute Gasteiger partial charge is 0.305 e. The van der Waals surface area contributed by atoms with E-state index < -0.39 is 6.10 Å². The van der Waals surface area contributed by atoms with Crippen molar-refractivity contribution in [2.24, 2.45) is 26.8 Å². The van der Waals surface area contributed by atoms with Gasteiger partial charge in [-0.25, -0.2) is 15.0 Å². The highest BCUT2D eigenvalue weighted by atomic mass is 35.5. The van der Waals surface area contributed by atoms with E-state index in [0.29, 0.717) is 37.5 Å². The van der Waals surface area contributed by atoms with E-state index in [0.717, 1.165) is 135 Å². The van der Waals surface area contributed by atoms with E-state index in [9.17, 15) is 15.0 Å². The largest absolute Gasteiger partial charge is 0.511 e. The zero-order chi connectivity index (χ0) is 36.6. The van der Waals surface area contributed by atoms with Crippen LogP contribution >= 0.6 is 11.6 Å². The third kappa shape index (κ3) is 7.06. The van der Waals surface area contributed by atoms with Gasteiger partial charge in [-0.05, 0) is 100 Å². The lowest BCUT2D eigenvalue weighted by atomic mass is 9.85. The quantitative estimate of drug-likeness (QED) is 0.100. The topological polar surface area (TPSA) is 116 Å². The van der Waals surface area contributed by atoms with E-state index in [1.807, 2.05) is 26.0 Å². The number of hydrogen-bond donors (Lipinski definition) is 3. The summed E-state index contributed by atoms with van der Waals surface area (Å²) in [5.74, 6) is 0.860. The number of alkyl halides is 1. The number of aliphatic imine (C=N–C) groups is 3. The maximum atomic E-state index is 13.0. The number of unbranched alkanes of at least 4 members (excludes halogenated alkanes) is 5. The monoisotopic (exact) mass is 712 g/mol. The van der Waals surface area contributed by atoms with Crippen LogP contribution in [0.25, 0.3) is 0 Å². The molecule has 6 aliphatic rings. The lowest BCUT2D eigenvalue weighted by Gasteiger charge is -2.18. The lowest BCUT2D eigenvalue weighted by molar-refractivity contribution is -0.144. The van der Waals surface area contributed by atoms with Crippen LogP contribution in [0.4, 0.5) is 0 Å². The van der Waals surface area contributed by atoms with Crippen molar-refractivity contribution in [3.8, 4) is 0 Å². The van der Waals surface area contributed by atoms with Crippen LogP contribution in [0.5, 0.6) is 0 Å². The summed E-state index contributed by atoms with van der Waals surface area (Å²) in [6.07, 6.45) is 11.8. The van der Waals surface area contributed by atoms with Gasteiger partial charge >= 0.3 is 5.97 Å². The molecule has 0 aromatic rings. The van der Waals surface area contributed by atoms with Crippen LogP contribution in [0.2, 0.25) is 0 Å². The molecular weight excluding hydrogens is 660 g/mol. The Balaban J connectivity index is 1.38. The molecule has 0 aromatic carbocycles. The number of hydrogen-bond acceptors (Lipinski definition) is 8. The molecule has 0 aromatic heterocycles. The molecule has 272 valence electrons. The third-order valence-corrected chi connectivity index (χ3v) is 11.6. The first-order valence-electron chi connectivity index (χ1n) is 18.8. The number of halogens is 1. The predicted molar refractivity (Wildman–Crippen MR) is 207 cm³/mol. The van der Waals surface area contributed by atoms with Crippen LogP contribution in [0.3, 0.4) is 0 Å². The van der Waals surface area contributed by atoms with Crippen LogP contribution in [0.15, 0.2) is 106 Å². The standard InChI is InChI=1S/C42H53ClN4O4/c1-8-28-22(2)31-21-34-37(27(7)48)25(5)40(46-34)26(6)39-23(3)29(15-16-36(50)51-18-14-12-10-9-11-13-17-43)41(47-39)30-19-35(49)38-24(4)32(45-42(30)38)20-33(28)44-31/h20-21,23,27,29,47-49H,8-19H2,1-7H3/t23-,27?,29-/m0/s1. The Hall–Kier alpha value is -3.75. The summed E-state index contributed by atoms with van der Waals surface area (Å²) in [7, 11) is 0. The number of allylic oxidation sites excluding steroid dienone is 11. The maximum absolute atomic E-state index is 13.0. The fourth-order valence-corrected chi connectivity index (χ4v) is 8.70. The molecule has 5 heterocycles. The molecule has 1 unspecified atom stereocenters. The van der Waals surface area contributed by atoms with Gasteiger partial charge < -0.3 is 20.3 Å². The molecular formula is C42H53ClN4O4. The minimum absolute atomic E-state index is 0.0240.